The molecule has 108 valence electrons. The van der Waals surface area contributed by atoms with Crippen LogP contribution in [-0.2, 0) is 0 Å². The van der Waals surface area contributed by atoms with Crippen molar-refractivity contribution in [2.75, 3.05) is 5.73 Å². The fourth-order valence-corrected chi connectivity index (χ4v) is 2.92. The zero-order chi connectivity index (χ0) is 14.3. The van der Waals surface area contributed by atoms with Crippen molar-refractivity contribution in [1.82, 2.24) is 20.3 Å². The molecular formula is C13H19N5O2. The molecule has 4 atom stereocenters. The molecule has 0 aliphatic carbocycles. The van der Waals surface area contributed by atoms with Gasteiger partial charge in [0, 0.05) is 17.8 Å². The van der Waals surface area contributed by atoms with Gasteiger partial charge in [-0.3, -0.25) is 0 Å². The number of aliphatic hydroxyl groups excluding tert-OH is 2. The average Bonchev–Trinajstić information content (AvgIpc) is 2.97. The van der Waals surface area contributed by atoms with Crippen LogP contribution in [0.15, 0.2) is 12.5 Å². The summed E-state index contributed by atoms with van der Waals surface area (Å²) in [6.07, 6.45) is 3.28. The highest BCUT2D eigenvalue weighted by Crippen LogP contribution is 2.33. The first-order chi connectivity index (χ1) is 9.63. The summed E-state index contributed by atoms with van der Waals surface area (Å²) in [7, 11) is 0. The topological polar surface area (TPSA) is 120 Å². The van der Waals surface area contributed by atoms with Gasteiger partial charge in [0.25, 0.3) is 0 Å². The lowest BCUT2D eigenvalue weighted by atomic mass is 10.0. The smallest absolute Gasteiger partial charge is 0.151 e. The third-order valence-corrected chi connectivity index (χ3v) is 3.95. The molecule has 2 aromatic heterocycles. The zero-order valence-corrected chi connectivity index (χ0v) is 11.2. The largest absolute Gasteiger partial charge is 0.389 e. The summed E-state index contributed by atoms with van der Waals surface area (Å²) >= 11 is 0. The van der Waals surface area contributed by atoms with Gasteiger partial charge in [-0.05, 0) is 6.42 Å². The van der Waals surface area contributed by atoms with E-state index in [0.717, 1.165) is 18.4 Å². The molecule has 7 nitrogen and oxygen atoms in total. The first-order valence-electron chi connectivity index (χ1n) is 6.83. The van der Waals surface area contributed by atoms with Crippen molar-refractivity contribution in [2.24, 2.45) is 0 Å². The number of aromatic amines is 1. The fraction of sp³-hybridized carbons (Fsp3) is 0.538. The van der Waals surface area contributed by atoms with Crippen LogP contribution >= 0.6 is 0 Å². The Bertz CT molecular complexity index is 614. The first-order valence-corrected chi connectivity index (χ1v) is 6.83. The van der Waals surface area contributed by atoms with E-state index in [0.29, 0.717) is 16.9 Å². The monoisotopic (exact) mass is 277 g/mol. The maximum atomic E-state index is 10.3. The van der Waals surface area contributed by atoms with Gasteiger partial charge in [-0.15, -0.1) is 0 Å². The van der Waals surface area contributed by atoms with Gasteiger partial charge in [0.15, 0.2) is 5.82 Å². The van der Waals surface area contributed by atoms with Gasteiger partial charge in [-0.25, -0.2) is 9.97 Å². The molecule has 3 rings (SSSR count). The highest BCUT2D eigenvalue weighted by molar-refractivity contribution is 5.87. The van der Waals surface area contributed by atoms with Crippen molar-refractivity contribution in [2.45, 2.75) is 44.1 Å². The van der Waals surface area contributed by atoms with E-state index in [9.17, 15) is 10.2 Å². The van der Waals surface area contributed by atoms with Crippen LogP contribution in [0.25, 0.3) is 11.0 Å². The Morgan fingerprint density at radius 2 is 2.10 bits per heavy atom. The van der Waals surface area contributed by atoms with Crippen molar-refractivity contribution in [3.05, 3.63) is 18.1 Å². The second kappa shape index (κ2) is 5.01. The van der Waals surface area contributed by atoms with E-state index in [2.05, 4.69) is 20.3 Å². The average molecular weight is 277 g/mol. The lowest BCUT2D eigenvalue weighted by Crippen LogP contribution is -2.32. The Labute approximate surface area is 116 Å². The number of aliphatic hydroxyl groups is 2. The lowest BCUT2D eigenvalue weighted by molar-refractivity contribution is 0.0269. The second-order valence-electron chi connectivity index (χ2n) is 5.25. The van der Waals surface area contributed by atoms with Gasteiger partial charge in [-0.1, -0.05) is 13.3 Å². The van der Waals surface area contributed by atoms with Crippen LogP contribution in [0.3, 0.4) is 0 Å². The minimum Gasteiger partial charge on any atom is -0.389 e. The molecule has 0 bridgehead atoms. The normalized spacial score (nSPS) is 30.1. The van der Waals surface area contributed by atoms with Crippen LogP contribution < -0.4 is 11.1 Å². The van der Waals surface area contributed by atoms with Crippen LogP contribution in [0.4, 0.5) is 5.82 Å². The van der Waals surface area contributed by atoms with Crippen molar-refractivity contribution in [3.63, 3.8) is 0 Å². The summed E-state index contributed by atoms with van der Waals surface area (Å²) < 4.78 is 0. The summed E-state index contributed by atoms with van der Waals surface area (Å²) in [5.41, 5.74) is 7.93. The van der Waals surface area contributed by atoms with Crippen LogP contribution in [-0.4, -0.2) is 43.4 Å². The number of rotatable bonds is 3. The Hall–Kier alpha value is -1.70. The molecule has 1 aliphatic rings. The van der Waals surface area contributed by atoms with Crippen LogP contribution in [0.1, 0.15) is 31.4 Å². The molecule has 0 radical (unpaired) electrons. The summed E-state index contributed by atoms with van der Waals surface area (Å²) in [5, 5.41) is 23.6. The van der Waals surface area contributed by atoms with Crippen molar-refractivity contribution in [3.8, 4) is 0 Å². The second-order valence-corrected chi connectivity index (χ2v) is 5.25. The molecule has 1 aliphatic heterocycles. The SMILES string of the molecule is CCC[C@H]1N[C@@H](c2c[nH]c3c(N)ncnc23)C(O)[C@H]1O. The number of anilines is 1. The molecule has 6 N–H and O–H groups in total. The number of hydrogen-bond acceptors (Lipinski definition) is 6. The molecule has 20 heavy (non-hydrogen) atoms. The number of nitrogens with zero attached hydrogens (tertiary/aromatic N) is 2. The molecule has 0 saturated carbocycles. The van der Waals surface area contributed by atoms with Gasteiger partial charge in [-0.2, -0.15) is 0 Å². The van der Waals surface area contributed by atoms with E-state index >= 15 is 0 Å². The van der Waals surface area contributed by atoms with Crippen LogP contribution in [0, 0.1) is 0 Å². The minimum atomic E-state index is -0.860. The molecule has 1 fully saturated rings. The summed E-state index contributed by atoms with van der Waals surface area (Å²) in [4.78, 5) is 11.2. The predicted octanol–water partition coefficient (Wildman–Crippen LogP) is 0.0749. The minimum absolute atomic E-state index is 0.107. The summed E-state index contributed by atoms with van der Waals surface area (Å²) in [6.45, 7) is 2.05. The highest BCUT2D eigenvalue weighted by Gasteiger charge is 2.42. The molecule has 1 saturated heterocycles. The van der Waals surface area contributed by atoms with Gasteiger partial charge in [0.1, 0.15) is 17.9 Å². The van der Waals surface area contributed by atoms with E-state index in [4.69, 9.17) is 5.73 Å². The standard InChI is InChI=1S/C13H19N5O2/c1-2-3-7-11(19)12(20)9(18-7)6-4-15-10-8(6)16-5-17-13(10)14/h4-5,7,9,11-12,15,18-20H,2-3H2,1H3,(H2,14,16,17)/t7-,9+,11+,12?/m1/s1. The fourth-order valence-electron chi connectivity index (χ4n) is 2.92. The highest BCUT2D eigenvalue weighted by atomic mass is 16.3. The Morgan fingerprint density at radius 3 is 2.85 bits per heavy atom. The number of nitrogens with two attached hydrogens (primary N) is 1. The maximum Gasteiger partial charge on any atom is 0.151 e. The number of fused-ring (bicyclic) bond motifs is 1. The molecule has 0 spiro atoms. The predicted molar refractivity (Wildman–Crippen MR) is 74.9 cm³/mol. The van der Waals surface area contributed by atoms with Crippen LogP contribution in [0.5, 0.6) is 0 Å². The Morgan fingerprint density at radius 1 is 1.30 bits per heavy atom. The van der Waals surface area contributed by atoms with E-state index in [1.54, 1.807) is 6.20 Å². The number of nitrogen functional groups attached to an aromatic ring is 1. The Balaban J connectivity index is 1.97. The van der Waals surface area contributed by atoms with E-state index in [-0.39, 0.29) is 12.1 Å². The number of hydrogen-bond donors (Lipinski definition) is 5. The molecule has 0 amide bonds. The van der Waals surface area contributed by atoms with E-state index in [1.807, 2.05) is 6.92 Å². The van der Waals surface area contributed by atoms with E-state index in [1.165, 1.54) is 6.33 Å². The maximum absolute atomic E-state index is 10.3. The molecule has 2 aromatic rings. The Kier molecular flexibility index (Phi) is 3.33. The van der Waals surface area contributed by atoms with Crippen molar-refractivity contribution < 1.29 is 10.2 Å². The van der Waals surface area contributed by atoms with Crippen molar-refractivity contribution >= 4 is 16.9 Å². The number of nitrogens with one attached hydrogen (secondary N) is 2. The molecule has 0 aromatic carbocycles. The summed E-state index contributed by atoms with van der Waals surface area (Å²) in [5.74, 6) is 0.374. The third kappa shape index (κ3) is 1.94. The molecule has 7 heteroatoms. The van der Waals surface area contributed by atoms with Crippen LogP contribution in [0.2, 0.25) is 0 Å². The van der Waals surface area contributed by atoms with Gasteiger partial charge in [0.2, 0.25) is 0 Å². The molecule has 3 heterocycles. The van der Waals surface area contributed by atoms with Gasteiger partial charge < -0.3 is 26.2 Å². The van der Waals surface area contributed by atoms with E-state index < -0.39 is 12.2 Å². The lowest BCUT2D eigenvalue weighted by Gasteiger charge is -2.14. The molecular weight excluding hydrogens is 258 g/mol. The number of H-pyrrole nitrogens is 1. The molecule has 1 unspecified atom stereocenters. The first kappa shape index (κ1) is 13.3. The summed E-state index contributed by atoms with van der Waals surface area (Å²) in [6, 6.07) is -0.464. The van der Waals surface area contributed by atoms with Gasteiger partial charge in [0.05, 0.1) is 17.7 Å². The van der Waals surface area contributed by atoms with Gasteiger partial charge >= 0.3 is 0 Å². The number of aromatic nitrogens is 3. The van der Waals surface area contributed by atoms with Crippen molar-refractivity contribution in [1.29, 1.82) is 0 Å². The quantitative estimate of drug-likeness (QED) is 0.541. The zero-order valence-electron chi connectivity index (χ0n) is 11.2. The third-order valence-electron chi connectivity index (χ3n) is 3.95.